The number of rotatable bonds is 5. The van der Waals surface area contributed by atoms with Crippen LogP contribution in [0.15, 0.2) is 88.6 Å². The molecule has 1 aromatic heterocycles. The van der Waals surface area contributed by atoms with E-state index >= 15 is 0 Å². The van der Waals surface area contributed by atoms with Gasteiger partial charge in [0.25, 0.3) is 5.56 Å². The lowest BCUT2D eigenvalue weighted by molar-refractivity contribution is -0.200. The predicted molar refractivity (Wildman–Crippen MR) is 107 cm³/mol. The number of nitrogens with zero attached hydrogens (tertiary/aromatic N) is 2. The van der Waals surface area contributed by atoms with Crippen molar-refractivity contribution < 1.29 is 13.5 Å². The summed E-state index contributed by atoms with van der Waals surface area (Å²) < 4.78 is 18.2. The molecule has 0 fully saturated rings. The molecule has 140 valence electrons. The highest BCUT2D eigenvalue weighted by atomic mass is 35.5. The van der Waals surface area contributed by atoms with Crippen LogP contribution in [-0.4, -0.2) is 13.9 Å². The largest absolute Gasteiger partial charge is 0.297 e. The van der Waals surface area contributed by atoms with Gasteiger partial charge in [0.15, 0.2) is 5.82 Å². The standard InChI is InChI=1S/C20H13ClN2O4S/c21-15-10-12-16(13-11-15)28(25)27-26-23-19(14-6-2-1-3-7-14)22-18-9-5-4-8-17(18)20(23)24/h1-13H. The van der Waals surface area contributed by atoms with Crippen molar-refractivity contribution in [3.05, 3.63) is 94.2 Å². The van der Waals surface area contributed by atoms with Gasteiger partial charge in [-0.25, -0.2) is 14.2 Å². The van der Waals surface area contributed by atoms with E-state index in [4.69, 9.17) is 20.9 Å². The third-order valence-corrected chi connectivity index (χ3v) is 5.04. The van der Waals surface area contributed by atoms with E-state index < -0.39 is 16.6 Å². The number of fused-ring (bicyclic) bond motifs is 1. The van der Waals surface area contributed by atoms with Crippen LogP contribution in [0.3, 0.4) is 0 Å². The molecule has 8 heteroatoms. The van der Waals surface area contributed by atoms with Crippen molar-refractivity contribution in [2.24, 2.45) is 0 Å². The third-order valence-electron chi connectivity index (χ3n) is 3.94. The van der Waals surface area contributed by atoms with E-state index in [1.54, 1.807) is 60.7 Å². The highest BCUT2D eigenvalue weighted by molar-refractivity contribution is 7.80. The summed E-state index contributed by atoms with van der Waals surface area (Å²) in [5.41, 5.74) is 0.689. The summed E-state index contributed by atoms with van der Waals surface area (Å²) in [7, 11) is 0. The van der Waals surface area contributed by atoms with Crippen molar-refractivity contribution in [2.45, 2.75) is 4.90 Å². The highest BCUT2D eigenvalue weighted by Gasteiger charge is 2.16. The molecule has 0 aliphatic heterocycles. The zero-order valence-electron chi connectivity index (χ0n) is 14.3. The smallest absolute Gasteiger partial charge is 0.265 e. The number of para-hydroxylation sites is 1. The second kappa shape index (κ2) is 7.93. The topological polar surface area (TPSA) is 70.4 Å². The molecule has 0 spiro atoms. The minimum atomic E-state index is -1.97. The summed E-state index contributed by atoms with van der Waals surface area (Å²) in [5.74, 6) is 0.234. The Kier molecular flexibility index (Phi) is 5.21. The quantitative estimate of drug-likeness (QED) is 0.368. The molecule has 0 aliphatic rings. The van der Waals surface area contributed by atoms with Gasteiger partial charge in [-0.3, -0.25) is 4.79 Å². The summed E-state index contributed by atoms with van der Waals surface area (Å²) in [6.45, 7) is 0. The van der Waals surface area contributed by atoms with Gasteiger partial charge in [0.2, 0.25) is 11.1 Å². The van der Waals surface area contributed by atoms with Crippen LogP contribution >= 0.6 is 11.6 Å². The zero-order chi connectivity index (χ0) is 19.5. The van der Waals surface area contributed by atoms with E-state index in [1.807, 2.05) is 18.2 Å². The van der Waals surface area contributed by atoms with Crippen LogP contribution in [0.4, 0.5) is 0 Å². The van der Waals surface area contributed by atoms with E-state index in [1.165, 1.54) is 0 Å². The first kappa shape index (κ1) is 18.4. The molecule has 0 saturated heterocycles. The first-order chi connectivity index (χ1) is 13.6. The van der Waals surface area contributed by atoms with Crippen molar-refractivity contribution >= 4 is 33.6 Å². The summed E-state index contributed by atoms with van der Waals surface area (Å²) >= 11 is 3.86. The molecule has 0 bridgehead atoms. The van der Waals surface area contributed by atoms with Gasteiger partial charge in [-0.1, -0.05) is 63.1 Å². The SMILES string of the molecule is O=c1c2ccccc2nc(-c2ccccc2)n1OOS(=O)c1ccc(Cl)cc1. The van der Waals surface area contributed by atoms with E-state index in [0.29, 0.717) is 26.4 Å². The summed E-state index contributed by atoms with van der Waals surface area (Å²) in [4.78, 5) is 23.0. The van der Waals surface area contributed by atoms with Gasteiger partial charge in [-0.05, 0) is 36.4 Å². The molecule has 4 aromatic rings. The van der Waals surface area contributed by atoms with Crippen LogP contribution in [0.25, 0.3) is 22.3 Å². The molecule has 28 heavy (non-hydrogen) atoms. The molecule has 1 heterocycles. The number of benzene rings is 3. The Morgan fingerprint density at radius 1 is 0.893 bits per heavy atom. The van der Waals surface area contributed by atoms with E-state index in [0.717, 1.165) is 4.73 Å². The monoisotopic (exact) mass is 412 g/mol. The Balaban J connectivity index is 1.74. The molecule has 0 aliphatic carbocycles. The van der Waals surface area contributed by atoms with Crippen LogP contribution in [-0.2, 0) is 15.4 Å². The minimum absolute atomic E-state index is 0.234. The second-order valence-corrected chi connectivity index (χ2v) is 7.26. The number of hydrogen-bond donors (Lipinski definition) is 0. The van der Waals surface area contributed by atoms with Gasteiger partial charge >= 0.3 is 0 Å². The fourth-order valence-electron chi connectivity index (χ4n) is 2.60. The van der Waals surface area contributed by atoms with Gasteiger partial charge in [-0.15, -0.1) is 0 Å². The van der Waals surface area contributed by atoms with Crippen molar-refractivity contribution in [2.75, 3.05) is 0 Å². The normalized spacial score (nSPS) is 12.0. The molecule has 0 N–H and O–H groups in total. The minimum Gasteiger partial charge on any atom is -0.265 e. The van der Waals surface area contributed by atoms with E-state index in [9.17, 15) is 9.00 Å². The van der Waals surface area contributed by atoms with Crippen molar-refractivity contribution in [1.29, 1.82) is 0 Å². The molecule has 4 rings (SSSR count). The summed E-state index contributed by atoms with van der Waals surface area (Å²) in [5, 5.41) is 0.853. The van der Waals surface area contributed by atoms with E-state index in [-0.39, 0.29) is 5.82 Å². The third kappa shape index (κ3) is 3.68. The maximum Gasteiger partial charge on any atom is 0.297 e. The lowest BCUT2D eigenvalue weighted by atomic mass is 10.2. The number of hydrogen-bond acceptors (Lipinski definition) is 5. The van der Waals surface area contributed by atoms with Gasteiger partial charge in [0, 0.05) is 10.6 Å². The molecule has 0 saturated carbocycles. The molecule has 1 unspecified atom stereocenters. The van der Waals surface area contributed by atoms with Crippen molar-refractivity contribution in [1.82, 2.24) is 9.71 Å². The van der Waals surface area contributed by atoms with Gasteiger partial charge < -0.3 is 0 Å². The Morgan fingerprint density at radius 3 is 2.32 bits per heavy atom. The Morgan fingerprint density at radius 2 is 1.57 bits per heavy atom. The van der Waals surface area contributed by atoms with Gasteiger partial charge in [0.05, 0.1) is 15.8 Å². The van der Waals surface area contributed by atoms with Crippen molar-refractivity contribution in [3.63, 3.8) is 0 Å². The zero-order valence-corrected chi connectivity index (χ0v) is 15.9. The lowest BCUT2D eigenvalue weighted by Crippen LogP contribution is -2.30. The van der Waals surface area contributed by atoms with E-state index in [2.05, 4.69) is 4.98 Å². The molecule has 6 nitrogen and oxygen atoms in total. The van der Waals surface area contributed by atoms with Crippen molar-refractivity contribution in [3.8, 4) is 11.4 Å². The summed E-state index contributed by atoms with van der Waals surface area (Å²) in [6.07, 6.45) is 0. The Bertz CT molecular complexity index is 1210. The average molecular weight is 413 g/mol. The molecule has 3 aromatic carbocycles. The fourth-order valence-corrected chi connectivity index (χ4v) is 3.28. The molecular weight excluding hydrogens is 400 g/mol. The summed E-state index contributed by atoms with van der Waals surface area (Å²) in [6, 6.07) is 22.2. The predicted octanol–water partition coefficient (Wildman–Crippen LogP) is 3.80. The highest BCUT2D eigenvalue weighted by Crippen LogP contribution is 2.18. The first-order valence-corrected chi connectivity index (χ1v) is 9.69. The Hall–Kier alpha value is -3.00. The lowest BCUT2D eigenvalue weighted by Gasteiger charge is -2.12. The molecular formula is C20H13ClN2O4S. The number of aromatic nitrogens is 2. The van der Waals surface area contributed by atoms with Crippen LogP contribution in [0.5, 0.6) is 0 Å². The average Bonchev–Trinajstić information content (AvgIpc) is 2.74. The number of halogens is 1. The first-order valence-electron chi connectivity index (χ1n) is 8.23. The fraction of sp³-hybridized carbons (Fsp3) is 0. The van der Waals surface area contributed by atoms with Crippen LogP contribution in [0.1, 0.15) is 0 Å². The Labute approximate surface area is 167 Å². The molecule has 0 amide bonds. The van der Waals surface area contributed by atoms with Crippen LogP contribution < -0.4 is 10.5 Å². The molecule has 0 radical (unpaired) electrons. The second-order valence-electron chi connectivity index (χ2n) is 5.75. The molecule has 1 atom stereocenters. The van der Waals surface area contributed by atoms with Crippen LogP contribution in [0, 0.1) is 0 Å². The van der Waals surface area contributed by atoms with Crippen LogP contribution in [0.2, 0.25) is 5.02 Å². The maximum absolute atomic E-state index is 12.9. The maximum atomic E-state index is 12.9. The van der Waals surface area contributed by atoms with Gasteiger partial charge in [-0.2, -0.15) is 0 Å². The van der Waals surface area contributed by atoms with Gasteiger partial charge in [0.1, 0.15) is 0 Å².